The predicted octanol–water partition coefficient (Wildman–Crippen LogP) is 6.72. The molecule has 0 saturated carbocycles. The molecule has 0 unspecified atom stereocenters. The summed E-state index contributed by atoms with van der Waals surface area (Å²) in [5.74, 6) is 0.691. The lowest BCUT2D eigenvalue weighted by atomic mass is 10.1. The van der Waals surface area contributed by atoms with Crippen molar-refractivity contribution in [2.75, 3.05) is 11.1 Å². The second-order valence-corrected chi connectivity index (χ2v) is 11.5. The second kappa shape index (κ2) is 11.7. The summed E-state index contributed by atoms with van der Waals surface area (Å²) in [5, 5.41) is 3.39. The van der Waals surface area contributed by atoms with Crippen LogP contribution in [0.5, 0.6) is 5.75 Å². The van der Waals surface area contributed by atoms with Crippen molar-refractivity contribution < 1.29 is 22.4 Å². The first kappa shape index (κ1) is 26.5. The van der Waals surface area contributed by atoms with Gasteiger partial charge in [0.25, 0.3) is 5.91 Å². The van der Waals surface area contributed by atoms with E-state index in [1.807, 2.05) is 42.5 Å². The molecule has 1 aromatic heterocycles. The molecule has 5 rings (SSSR count). The summed E-state index contributed by atoms with van der Waals surface area (Å²) in [6.45, 7) is 0.134. The molecular weight excluding hydrogens is 536 g/mol. The van der Waals surface area contributed by atoms with Crippen LogP contribution < -0.4 is 10.1 Å². The van der Waals surface area contributed by atoms with E-state index in [4.69, 9.17) is 20.8 Å². The second-order valence-electron chi connectivity index (χ2n) is 8.92. The number of nitrogens with zero attached hydrogens (tertiary/aromatic N) is 1. The van der Waals surface area contributed by atoms with Gasteiger partial charge in [-0.1, -0.05) is 41.9 Å². The van der Waals surface area contributed by atoms with Crippen molar-refractivity contribution in [3.63, 3.8) is 0 Å². The van der Waals surface area contributed by atoms with Crippen LogP contribution in [0.3, 0.4) is 0 Å². The molecule has 1 amide bonds. The van der Waals surface area contributed by atoms with Gasteiger partial charge in [-0.05, 0) is 85.1 Å². The number of hydrogen-bond acceptors (Lipinski definition) is 6. The molecule has 0 aliphatic heterocycles. The minimum atomic E-state index is -3.40. The lowest BCUT2D eigenvalue weighted by Gasteiger charge is -2.10. The third-order valence-electron chi connectivity index (χ3n) is 6.03. The van der Waals surface area contributed by atoms with E-state index in [1.54, 1.807) is 42.5 Å². The highest BCUT2D eigenvalue weighted by molar-refractivity contribution is 7.91. The number of carbonyl (C=O) groups excluding carboxylic acids is 1. The summed E-state index contributed by atoms with van der Waals surface area (Å²) >= 11 is 5.86. The molecule has 0 bridgehead atoms. The first-order chi connectivity index (χ1) is 18.9. The van der Waals surface area contributed by atoms with E-state index in [9.17, 15) is 13.2 Å². The summed E-state index contributed by atoms with van der Waals surface area (Å²) < 4.78 is 36.6. The van der Waals surface area contributed by atoms with E-state index in [1.165, 1.54) is 12.1 Å². The van der Waals surface area contributed by atoms with Crippen LogP contribution in [0.2, 0.25) is 5.02 Å². The Kier molecular flexibility index (Phi) is 7.95. The monoisotopic (exact) mass is 560 g/mol. The Bertz CT molecular complexity index is 1680. The van der Waals surface area contributed by atoms with E-state index in [0.717, 1.165) is 11.1 Å². The Morgan fingerprint density at radius 1 is 0.923 bits per heavy atom. The maximum absolute atomic E-state index is 12.9. The van der Waals surface area contributed by atoms with Crippen LogP contribution in [-0.2, 0) is 22.9 Å². The average Bonchev–Trinajstić information content (AvgIpc) is 3.36. The number of rotatable bonds is 10. The number of sulfone groups is 1. The van der Waals surface area contributed by atoms with Gasteiger partial charge in [0, 0.05) is 16.3 Å². The maximum Gasteiger partial charge on any atom is 0.255 e. The number of oxazole rings is 1. The zero-order valence-electron chi connectivity index (χ0n) is 20.8. The third-order valence-corrected chi connectivity index (χ3v) is 8.10. The van der Waals surface area contributed by atoms with Crippen molar-refractivity contribution >= 4 is 44.1 Å². The molecular formula is C30H25ClN2O5S. The summed E-state index contributed by atoms with van der Waals surface area (Å²) in [5.41, 5.74) is 3.43. The highest BCUT2D eigenvalue weighted by Gasteiger charge is 2.14. The summed E-state index contributed by atoms with van der Waals surface area (Å²) in [6, 6.07) is 27.9. The van der Waals surface area contributed by atoms with Gasteiger partial charge in [0.2, 0.25) is 5.89 Å². The van der Waals surface area contributed by atoms with Crippen molar-refractivity contribution in [1.29, 1.82) is 0 Å². The molecule has 7 nitrogen and oxygen atoms in total. The topological polar surface area (TPSA) is 98.5 Å². The van der Waals surface area contributed by atoms with E-state index in [2.05, 4.69) is 10.3 Å². The molecule has 1 N–H and O–H groups in total. The molecule has 0 aliphatic carbocycles. The van der Waals surface area contributed by atoms with Crippen LogP contribution in [0.4, 0.5) is 5.69 Å². The molecule has 39 heavy (non-hydrogen) atoms. The predicted molar refractivity (Wildman–Crippen MR) is 151 cm³/mol. The quantitative estimate of drug-likeness (QED) is 0.204. The van der Waals surface area contributed by atoms with Crippen molar-refractivity contribution in [1.82, 2.24) is 4.98 Å². The normalized spacial score (nSPS) is 11.4. The number of benzene rings is 4. The minimum absolute atomic E-state index is 0.0154. The molecule has 0 atom stereocenters. The van der Waals surface area contributed by atoms with Gasteiger partial charge in [-0.25, -0.2) is 13.4 Å². The van der Waals surface area contributed by atoms with Crippen LogP contribution in [0, 0.1) is 0 Å². The molecule has 0 aliphatic rings. The van der Waals surface area contributed by atoms with E-state index >= 15 is 0 Å². The molecule has 198 valence electrons. The molecule has 0 radical (unpaired) electrons. The SMILES string of the molecule is O=C(Nc1cccc(CCCS(=O)(=O)c2ccc(Cl)cc2)c1)c1cccc(OCc2nc3ccccc3o2)c1. The number of aryl methyl sites for hydroxylation is 1. The van der Waals surface area contributed by atoms with Gasteiger partial charge in [0.1, 0.15) is 11.3 Å². The van der Waals surface area contributed by atoms with Crippen LogP contribution in [0.1, 0.15) is 28.2 Å². The van der Waals surface area contributed by atoms with Gasteiger partial charge in [-0.2, -0.15) is 0 Å². The van der Waals surface area contributed by atoms with Crippen molar-refractivity contribution in [2.45, 2.75) is 24.3 Å². The van der Waals surface area contributed by atoms with Gasteiger partial charge < -0.3 is 14.5 Å². The minimum Gasteiger partial charge on any atom is -0.484 e. The third kappa shape index (κ3) is 6.85. The molecule has 1 heterocycles. The smallest absolute Gasteiger partial charge is 0.255 e. The van der Waals surface area contributed by atoms with Gasteiger partial charge in [0.15, 0.2) is 22.0 Å². The van der Waals surface area contributed by atoms with Gasteiger partial charge >= 0.3 is 0 Å². The number of aromatic nitrogens is 1. The number of anilines is 1. The summed E-state index contributed by atoms with van der Waals surface area (Å²) in [7, 11) is -3.40. The summed E-state index contributed by atoms with van der Waals surface area (Å²) in [4.78, 5) is 17.6. The highest BCUT2D eigenvalue weighted by Crippen LogP contribution is 2.21. The number of halogens is 1. The Morgan fingerprint density at radius 2 is 1.72 bits per heavy atom. The Labute approximate surface area is 231 Å². The number of carbonyl (C=O) groups is 1. The van der Waals surface area contributed by atoms with Crippen molar-refractivity contribution in [3.8, 4) is 5.75 Å². The number of amides is 1. The van der Waals surface area contributed by atoms with Gasteiger partial charge in [-0.3, -0.25) is 4.79 Å². The summed E-state index contributed by atoms with van der Waals surface area (Å²) in [6.07, 6.45) is 0.998. The Hall–Kier alpha value is -4.14. The van der Waals surface area contributed by atoms with Gasteiger partial charge in [0.05, 0.1) is 10.6 Å². The molecule has 9 heteroatoms. The van der Waals surface area contributed by atoms with Crippen LogP contribution in [0.15, 0.2) is 106 Å². The number of ether oxygens (including phenoxy) is 1. The lowest BCUT2D eigenvalue weighted by Crippen LogP contribution is -2.12. The first-order valence-corrected chi connectivity index (χ1v) is 14.3. The Morgan fingerprint density at radius 3 is 2.54 bits per heavy atom. The standard InChI is InChI=1S/C30H25ClN2O5S/c31-23-13-15-26(16-14-23)39(35,36)17-5-7-21-6-3-9-24(18-21)32-30(34)22-8-4-10-25(19-22)37-20-29-33-27-11-1-2-12-28(27)38-29/h1-4,6,8-16,18-19H,5,7,17,20H2,(H,32,34). The van der Waals surface area contributed by atoms with E-state index in [-0.39, 0.29) is 23.2 Å². The van der Waals surface area contributed by atoms with E-state index in [0.29, 0.717) is 46.3 Å². The van der Waals surface area contributed by atoms with Gasteiger partial charge in [-0.15, -0.1) is 0 Å². The molecule has 0 saturated heterocycles. The number of fused-ring (bicyclic) bond motifs is 1. The Balaban J connectivity index is 1.16. The maximum atomic E-state index is 12.9. The first-order valence-electron chi connectivity index (χ1n) is 12.3. The fourth-order valence-electron chi connectivity index (χ4n) is 4.09. The van der Waals surface area contributed by atoms with Crippen LogP contribution in [-0.4, -0.2) is 25.1 Å². The molecule has 0 spiro atoms. The molecule has 0 fully saturated rings. The zero-order chi connectivity index (χ0) is 27.2. The van der Waals surface area contributed by atoms with E-state index < -0.39 is 9.84 Å². The largest absolute Gasteiger partial charge is 0.484 e. The van der Waals surface area contributed by atoms with Crippen molar-refractivity contribution in [2.24, 2.45) is 0 Å². The number of hydrogen-bond donors (Lipinski definition) is 1. The van der Waals surface area contributed by atoms with Crippen LogP contribution in [0.25, 0.3) is 11.1 Å². The number of para-hydroxylation sites is 2. The molecule has 4 aromatic carbocycles. The zero-order valence-corrected chi connectivity index (χ0v) is 22.4. The van der Waals surface area contributed by atoms with Crippen molar-refractivity contribution in [3.05, 3.63) is 119 Å². The fraction of sp³-hybridized carbons (Fsp3) is 0.133. The van der Waals surface area contributed by atoms with Crippen LogP contribution >= 0.6 is 11.6 Å². The fourth-order valence-corrected chi connectivity index (χ4v) is 5.52. The average molecular weight is 561 g/mol. The highest BCUT2D eigenvalue weighted by atomic mass is 35.5. The number of nitrogens with one attached hydrogen (secondary N) is 1. The molecule has 5 aromatic rings. The lowest BCUT2D eigenvalue weighted by molar-refractivity contribution is 0.102.